The quantitative estimate of drug-likeness (QED) is 0.833. The molecule has 2 aromatic carbocycles. The van der Waals surface area contributed by atoms with Crippen LogP contribution in [0.5, 0.6) is 11.5 Å². The summed E-state index contributed by atoms with van der Waals surface area (Å²) in [5.41, 5.74) is 1.56. The molecule has 128 valence electrons. The van der Waals surface area contributed by atoms with Gasteiger partial charge in [-0.05, 0) is 30.8 Å². The molecular formula is C18H21ClN2O3. The Morgan fingerprint density at radius 1 is 1.17 bits per heavy atom. The molecule has 0 spiro atoms. The lowest BCUT2D eigenvalue weighted by Crippen LogP contribution is -2.30. The number of ether oxygens (including phenoxy) is 2. The van der Waals surface area contributed by atoms with Gasteiger partial charge >= 0.3 is 0 Å². The predicted molar refractivity (Wildman–Crippen MR) is 96.0 cm³/mol. The predicted octanol–water partition coefficient (Wildman–Crippen LogP) is 3.43. The van der Waals surface area contributed by atoms with Crippen LogP contribution in [0.15, 0.2) is 42.5 Å². The first-order valence-electron chi connectivity index (χ1n) is 7.47. The smallest absolute Gasteiger partial charge is 0.238 e. The van der Waals surface area contributed by atoms with Crippen LogP contribution in [0.2, 0.25) is 5.02 Å². The van der Waals surface area contributed by atoms with E-state index < -0.39 is 0 Å². The molecule has 0 heterocycles. The van der Waals surface area contributed by atoms with Crippen molar-refractivity contribution >= 4 is 23.2 Å². The first-order chi connectivity index (χ1) is 11.5. The van der Waals surface area contributed by atoms with Gasteiger partial charge in [-0.3, -0.25) is 9.69 Å². The first kappa shape index (κ1) is 18.1. The third-order valence-corrected chi connectivity index (χ3v) is 3.86. The maximum atomic E-state index is 12.3. The summed E-state index contributed by atoms with van der Waals surface area (Å²) in [5, 5.41) is 3.54. The summed E-state index contributed by atoms with van der Waals surface area (Å²) in [5.74, 6) is 1.09. The number of rotatable bonds is 7. The van der Waals surface area contributed by atoms with Gasteiger partial charge in [0.1, 0.15) is 11.5 Å². The number of benzene rings is 2. The van der Waals surface area contributed by atoms with E-state index in [1.165, 1.54) is 0 Å². The molecule has 0 bridgehead atoms. The van der Waals surface area contributed by atoms with Crippen molar-refractivity contribution in [3.8, 4) is 11.5 Å². The third kappa shape index (κ3) is 4.88. The maximum Gasteiger partial charge on any atom is 0.238 e. The van der Waals surface area contributed by atoms with Crippen molar-refractivity contribution in [3.63, 3.8) is 0 Å². The van der Waals surface area contributed by atoms with Gasteiger partial charge in [-0.15, -0.1) is 0 Å². The monoisotopic (exact) mass is 348 g/mol. The molecule has 0 atom stereocenters. The highest BCUT2D eigenvalue weighted by molar-refractivity contribution is 6.31. The molecule has 24 heavy (non-hydrogen) atoms. The van der Waals surface area contributed by atoms with Gasteiger partial charge in [-0.2, -0.15) is 0 Å². The fourth-order valence-corrected chi connectivity index (χ4v) is 2.52. The second-order valence-corrected chi connectivity index (χ2v) is 5.79. The molecule has 2 aromatic rings. The van der Waals surface area contributed by atoms with Crippen molar-refractivity contribution in [2.75, 3.05) is 33.1 Å². The third-order valence-electron chi connectivity index (χ3n) is 3.49. The van der Waals surface area contributed by atoms with E-state index in [-0.39, 0.29) is 12.5 Å². The zero-order valence-electron chi connectivity index (χ0n) is 14.0. The summed E-state index contributed by atoms with van der Waals surface area (Å²) in [7, 11) is 5.00. The van der Waals surface area contributed by atoms with Crippen molar-refractivity contribution in [2.45, 2.75) is 6.54 Å². The molecule has 0 radical (unpaired) electrons. The number of anilines is 1. The number of likely N-dealkylation sites (N-methyl/N-ethyl adjacent to an activating group) is 1. The fraction of sp³-hybridized carbons (Fsp3) is 0.278. The summed E-state index contributed by atoms with van der Waals surface area (Å²) in [6, 6.07) is 12.8. The molecule has 2 rings (SSSR count). The van der Waals surface area contributed by atoms with Crippen LogP contribution in [-0.2, 0) is 11.3 Å². The number of methoxy groups -OCH3 is 2. The minimum atomic E-state index is -0.142. The number of hydrogen-bond donors (Lipinski definition) is 1. The van der Waals surface area contributed by atoms with Crippen LogP contribution in [0, 0.1) is 0 Å². The second-order valence-electron chi connectivity index (χ2n) is 5.38. The van der Waals surface area contributed by atoms with Crippen LogP contribution in [0.25, 0.3) is 0 Å². The van der Waals surface area contributed by atoms with E-state index in [2.05, 4.69) is 5.32 Å². The minimum absolute atomic E-state index is 0.142. The number of nitrogens with zero attached hydrogens (tertiary/aromatic N) is 1. The summed E-state index contributed by atoms with van der Waals surface area (Å²) >= 11 is 6.15. The molecule has 1 N–H and O–H groups in total. The van der Waals surface area contributed by atoms with Crippen LogP contribution in [-0.4, -0.2) is 38.6 Å². The van der Waals surface area contributed by atoms with Gasteiger partial charge in [0.05, 0.1) is 26.5 Å². The molecule has 0 aliphatic carbocycles. The van der Waals surface area contributed by atoms with Crippen LogP contribution >= 0.6 is 11.6 Å². The van der Waals surface area contributed by atoms with Gasteiger partial charge in [-0.25, -0.2) is 0 Å². The Balaban J connectivity index is 1.99. The molecule has 0 aliphatic rings. The van der Waals surface area contributed by atoms with Crippen molar-refractivity contribution in [1.29, 1.82) is 0 Å². The standard InChI is InChI=1S/C18H21ClN2O3/c1-21(11-13-6-4-5-7-15(13)19)12-18(22)20-16-10-14(23-2)8-9-17(16)24-3/h4-10H,11-12H2,1-3H3,(H,20,22). The zero-order chi connectivity index (χ0) is 17.5. The van der Waals surface area contributed by atoms with Gasteiger partial charge in [0.2, 0.25) is 5.91 Å². The van der Waals surface area contributed by atoms with Gasteiger partial charge in [0, 0.05) is 17.6 Å². The average Bonchev–Trinajstić information content (AvgIpc) is 2.56. The van der Waals surface area contributed by atoms with Crippen molar-refractivity contribution in [3.05, 3.63) is 53.1 Å². The largest absolute Gasteiger partial charge is 0.497 e. The van der Waals surface area contributed by atoms with E-state index in [0.717, 1.165) is 5.56 Å². The lowest BCUT2D eigenvalue weighted by atomic mass is 10.2. The van der Waals surface area contributed by atoms with E-state index in [1.54, 1.807) is 32.4 Å². The van der Waals surface area contributed by atoms with Gasteiger partial charge in [-0.1, -0.05) is 29.8 Å². The first-order valence-corrected chi connectivity index (χ1v) is 7.85. The van der Waals surface area contributed by atoms with E-state index in [0.29, 0.717) is 28.8 Å². The van der Waals surface area contributed by atoms with Crippen molar-refractivity contribution in [1.82, 2.24) is 4.90 Å². The Morgan fingerprint density at radius 3 is 2.58 bits per heavy atom. The number of carbonyl (C=O) groups is 1. The lowest BCUT2D eigenvalue weighted by Gasteiger charge is -2.18. The molecule has 0 aliphatic heterocycles. The SMILES string of the molecule is COc1ccc(OC)c(NC(=O)CN(C)Cc2ccccc2Cl)c1. The summed E-state index contributed by atoms with van der Waals surface area (Å²) in [4.78, 5) is 14.2. The van der Waals surface area contributed by atoms with Gasteiger partial charge < -0.3 is 14.8 Å². The number of amides is 1. The molecule has 0 fully saturated rings. The van der Waals surface area contributed by atoms with Crippen LogP contribution in [0.3, 0.4) is 0 Å². The normalized spacial score (nSPS) is 10.5. The lowest BCUT2D eigenvalue weighted by molar-refractivity contribution is -0.117. The minimum Gasteiger partial charge on any atom is -0.497 e. The van der Waals surface area contributed by atoms with Crippen molar-refractivity contribution in [2.24, 2.45) is 0 Å². The number of halogens is 1. The Morgan fingerprint density at radius 2 is 1.92 bits per heavy atom. The Bertz CT molecular complexity index is 706. The van der Waals surface area contributed by atoms with E-state index >= 15 is 0 Å². The van der Waals surface area contributed by atoms with Crippen LogP contribution in [0.4, 0.5) is 5.69 Å². The van der Waals surface area contributed by atoms with E-state index in [1.807, 2.05) is 36.2 Å². The Labute approximate surface area is 147 Å². The van der Waals surface area contributed by atoms with E-state index in [9.17, 15) is 4.79 Å². The molecule has 0 aromatic heterocycles. The van der Waals surface area contributed by atoms with Crippen molar-refractivity contribution < 1.29 is 14.3 Å². The average molecular weight is 349 g/mol. The van der Waals surface area contributed by atoms with Gasteiger partial charge in [0.15, 0.2) is 0 Å². The zero-order valence-corrected chi connectivity index (χ0v) is 14.8. The summed E-state index contributed by atoms with van der Waals surface area (Å²) in [6.45, 7) is 0.813. The Hall–Kier alpha value is -2.24. The highest BCUT2D eigenvalue weighted by atomic mass is 35.5. The number of hydrogen-bond acceptors (Lipinski definition) is 4. The molecule has 0 saturated carbocycles. The van der Waals surface area contributed by atoms with Crippen LogP contribution in [0.1, 0.15) is 5.56 Å². The highest BCUT2D eigenvalue weighted by Crippen LogP contribution is 2.28. The number of carbonyl (C=O) groups excluding carboxylic acids is 1. The highest BCUT2D eigenvalue weighted by Gasteiger charge is 2.12. The summed E-state index contributed by atoms with van der Waals surface area (Å²) in [6.07, 6.45) is 0. The number of nitrogens with one attached hydrogen (secondary N) is 1. The molecular weight excluding hydrogens is 328 g/mol. The Kier molecular flexibility index (Phi) is 6.46. The molecule has 5 nitrogen and oxygen atoms in total. The fourth-order valence-electron chi connectivity index (χ4n) is 2.32. The maximum absolute atomic E-state index is 12.3. The summed E-state index contributed by atoms with van der Waals surface area (Å²) < 4.78 is 10.4. The molecule has 1 amide bonds. The van der Waals surface area contributed by atoms with Crippen LogP contribution < -0.4 is 14.8 Å². The molecule has 0 saturated heterocycles. The van der Waals surface area contributed by atoms with Gasteiger partial charge in [0.25, 0.3) is 0 Å². The second kappa shape index (κ2) is 8.57. The topological polar surface area (TPSA) is 50.8 Å². The van der Waals surface area contributed by atoms with E-state index in [4.69, 9.17) is 21.1 Å². The molecule has 0 unspecified atom stereocenters. The molecule has 6 heteroatoms.